The number of aryl methyl sites for hydroxylation is 2. The Morgan fingerprint density at radius 2 is 2.00 bits per heavy atom. The maximum atomic E-state index is 11.6. The van der Waals surface area contributed by atoms with E-state index in [1.807, 2.05) is 6.92 Å². The first-order chi connectivity index (χ1) is 7.90. The molecule has 1 aromatic heterocycles. The maximum Gasteiger partial charge on any atom is 0.154 e. The maximum absolute atomic E-state index is 11.6. The van der Waals surface area contributed by atoms with Crippen LogP contribution >= 0.6 is 0 Å². The first kappa shape index (κ1) is 11.1. The molecule has 0 unspecified atom stereocenters. The lowest BCUT2D eigenvalue weighted by atomic mass is 10.1. The number of hydrogen-bond donors (Lipinski definition) is 1. The number of aromatic nitrogens is 2. The summed E-state index contributed by atoms with van der Waals surface area (Å²) in [5.41, 5.74) is 8.15. The van der Waals surface area contributed by atoms with E-state index in [1.165, 1.54) is 0 Å². The summed E-state index contributed by atoms with van der Waals surface area (Å²) in [4.78, 5) is 8.86. The van der Waals surface area contributed by atoms with Crippen molar-refractivity contribution in [3.8, 4) is 0 Å². The Kier molecular flexibility index (Phi) is 2.13. The van der Waals surface area contributed by atoms with Crippen LogP contribution in [0.3, 0.4) is 0 Å². The van der Waals surface area contributed by atoms with Crippen LogP contribution in [0.4, 0.5) is 0 Å². The van der Waals surface area contributed by atoms with Gasteiger partial charge in [-0.3, -0.25) is 0 Å². The number of sulfone groups is 1. The molecule has 3 rings (SSSR count). The molecule has 1 aliphatic heterocycles. The van der Waals surface area contributed by atoms with Crippen molar-refractivity contribution >= 4 is 9.84 Å². The third kappa shape index (κ3) is 1.85. The Bertz CT molecular complexity index is 591. The molecule has 92 valence electrons. The molecule has 1 aromatic rings. The first-order valence-electron chi connectivity index (χ1n) is 5.76. The summed E-state index contributed by atoms with van der Waals surface area (Å²) in [6.07, 6.45) is 2.33. The topological polar surface area (TPSA) is 85.9 Å². The second-order valence-electron chi connectivity index (χ2n) is 5.06. The molecule has 1 fully saturated rings. The average Bonchev–Trinajstić information content (AvgIpc) is 2.98. The normalized spacial score (nSPS) is 24.1. The minimum Gasteiger partial charge on any atom is -0.319 e. The van der Waals surface area contributed by atoms with E-state index < -0.39 is 9.84 Å². The Hall–Kier alpha value is -1.01. The van der Waals surface area contributed by atoms with Crippen LogP contribution < -0.4 is 5.73 Å². The summed E-state index contributed by atoms with van der Waals surface area (Å²) in [7, 11) is -2.96. The van der Waals surface area contributed by atoms with Crippen molar-refractivity contribution in [3.05, 3.63) is 22.8 Å². The molecule has 5 nitrogen and oxygen atoms in total. The van der Waals surface area contributed by atoms with Gasteiger partial charge in [0.15, 0.2) is 9.84 Å². The third-order valence-corrected chi connectivity index (χ3v) is 5.10. The third-order valence-electron chi connectivity index (χ3n) is 3.55. The van der Waals surface area contributed by atoms with Gasteiger partial charge in [-0.15, -0.1) is 0 Å². The fourth-order valence-corrected chi connectivity index (χ4v) is 3.64. The van der Waals surface area contributed by atoms with Gasteiger partial charge < -0.3 is 5.73 Å². The highest BCUT2D eigenvalue weighted by Crippen LogP contribution is 2.41. The largest absolute Gasteiger partial charge is 0.319 e. The first-order valence-corrected chi connectivity index (χ1v) is 7.58. The van der Waals surface area contributed by atoms with Crippen LogP contribution in [0.15, 0.2) is 0 Å². The lowest BCUT2D eigenvalue weighted by Crippen LogP contribution is -2.27. The Balaban J connectivity index is 2.10. The van der Waals surface area contributed by atoms with Gasteiger partial charge in [0.25, 0.3) is 0 Å². The van der Waals surface area contributed by atoms with Gasteiger partial charge in [0.05, 0.1) is 17.0 Å². The molecule has 0 amide bonds. The zero-order valence-electron chi connectivity index (χ0n) is 9.73. The van der Waals surface area contributed by atoms with Crippen molar-refractivity contribution in [2.75, 3.05) is 5.75 Å². The Morgan fingerprint density at radius 3 is 2.65 bits per heavy atom. The van der Waals surface area contributed by atoms with E-state index in [4.69, 9.17) is 5.73 Å². The molecule has 1 aliphatic carbocycles. The predicted octanol–water partition coefficient (Wildman–Crippen LogP) is 0.204. The van der Waals surface area contributed by atoms with E-state index in [9.17, 15) is 8.42 Å². The van der Waals surface area contributed by atoms with E-state index >= 15 is 0 Å². The number of nitrogens with zero attached hydrogens (tertiary/aromatic N) is 2. The smallest absolute Gasteiger partial charge is 0.154 e. The van der Waals surface area contributed by atoms with Gasteiger partial charge in [-0.1, -0.05) is 0 Å². The number of fused-ring (bicyclic) bond motifs is 1. The standard InChI is InChI=1S/C11H15N3O2S/c1-7-8-6-17(15,16)5-2-9(8)14-10(13-7)11(12)3-4-11/h2-6,12H2,1H3. The fraction of sp³-hybridized carbons (Fsp3) is 0.636. The van der Waals surface area contributed by atoms with Crippen LogP contribution in [-0.2, 0) is 27.5 Å². The zero-order chi connectivity index (χ0) is 12.3. The molecule has 1 saturated carbocycles. The number of rotatable bonds is 1. The molecule has 0 saturated heterocycles. The van der Waals surface area contributed by atoms with Crippen molar-refractivity contribution in [1.29, 1.82) is 0 Å². The highest BCUT2D eigenvalue weighted by molar-refractivity contribution is 7.90. The minimum absolute atomic E-state index is 0.0754. The number of hydrogen-bond acceptors (Lipinski definition) is 5. The van der Waals surface area contributed by atoms with Crippen molar-refractivity contribution in [2.45, 2.75) is 37.5 Å². The van der Waals surface area contributed by atoms with Crippen LogP contribution in [0.2, 0.25) is 0 Å². The molecule has 17 heavy (non-hydrogen) atoms. The molecule has 2 heterocycles. The monoisotopic (exact) mass is 253 g/mol. The predicted molar refractivity (Wildman–Crippen MR) is 63.1 cm³/mol. The summed E-state index contributed by atoms with van der Waals surface area (Å²) in [5, 5.41) is 0. The number of nitrogens with two attached hydrogens (primary N) is 1. The SMILES string of the molecule is Cc1nc(C2(N)CC2)nc2c1CS(=O)(=O)CC2. The van der Waals surface area contributed by atoms with Crippen LogP contribution in [0.5, 0.6) is 0 Å². The Morgan fingerprint density at radius 1 is 1.29 bits per heavy atom. The quantitative estimate of drug-likeness (QED) is 0.773. The van der Waals surface area contributed by atoms with Gasteiger partial charge in [0.1, 0.15) is 5.82 Å². The van der Waals surface area contributed by atoms with Crippen LogP contribution in [0.25, 0.3) is 0 Å². The molecular formula is C11H15N3O2S. The second kappa shape index (κ2) is 3.26. The molecule has 0 radical (unpaired) electrons. The molecule has 0 bridgehead atoms. The molecule has 0 aromatic carbocycles. The molecule has 6 heteroatoms. The van der Waals surface area contributed by atoms with E-state index in [-0.39, 0.29) is 17.0 Å². The van der Waals surface area contributed by atoms with E-state index in [1.54, 1.807) is 0 Å². The molecule has 0 spiro atoms. The van der Waals surface area contributed by atoms with Crippen LogP contribution in [0.1, 0.15) is 35.6 Å². The van der Waals surface area contributed by atoms with Crippen molar-refractivity contribution < 1.29 is 8.42 Å². The van der Waals surface area contributed by atoms with Crippen LogP contribution in [-0.4, -0.2) is 24.1 Å². The minimum atomic E-state index is -2.96. The van der Waals surface area contributed by atoms with Crippen molar-refractivity contribution in [2.24, 2.45) is 5.73 Å². The molecule has 2 aliphatic rings. The summed E-state index contributed by atoms with van der Waals surface area (Å²) >= 11 is 0. The molecular weight excluding hydrogens is 238 g/mol. The fourth-order valence-electron chi connectivity index (χ4n) is 2.18. The average molecular weight is 253 g/mol. The van der Waals surface area contributed by atoms with Gasteiger partial charge in [-0.2, -0.15) is 0 Å². The summed E-state index contributed by atoms with van der Waals surface area (Å²) in [6.45, 7) is 1.84. The zero-order valence-corrected chi connectivity index (χ0v) is 10.5. The summed E-state index contributed by atoms with van der Waals surface area (Å²) < 4.78 is 23.2. The van der Waals surface area contributed by atoms with Crippen molar-refractivity contribution in [3.63, 3.8) is 0 Å². The summed E-state index contributed by atoms with van der Waals surface area (Å²) in [5.74, 6) is 0.951. The highest BCUT2D eigenvalue weighted by Gasteiger charge is 2.44. The van der Waals surface area contributed by atoms with Gasteiger partial charge in [0, 0.05) is 23.4 Å². The Labute approximate surface area is 100 Å². The second-order valence-corrected chi connectivity index (χ2v) is 7.24. The van der Waals surface area contributed by atoms with Gasteiger partial charge in [0.2, 0.25) is 0 Å². The molecule has 0 atom stereocenters. The van der Waals surface area contributed by atoms with E-state index in [0.29, 0.717) is 12.2 Å². The van der Waals surface area contributed by atoms with Crippen LogP contribution in [0, 0.1) is 6.92 Å². The lowest BCUT2D eigenvalue weighted by molar-refractivity contribution is 0.587. The lowest BCUT2D eigenvalue weighted by Gasteiger charge is -2.19. The van der Waals surface area contributed by atoms with Gasteiger partial charge >= 0.3 is 0 Å². The van der Waals surface area contributed by atoms with E-state index in [0.717, 1.165) is 29.8 Å². The highest BCUT2D eigenvalue weighted by atomic mass is 32.2. The van der Waals surface area contributed by atoms with Crippen molar-refractivity contribution in [1.82, 2.24) is 9.97 Å². The van der Waals surface area contributed by atoms with Gasteiger partial charge in [-0.05, 0) is 19.8 Å². The van der Waals surface area contributed by atoms with Gasteiger partial charge in [-0.25, -0.2) is 18.4 Å². The molecule has 2 N–H and O–H groups in total. The summed E-state index contributed by atoms with van der Waals surface area (Å²) in [6, 6.07) is 0. The van der Waals surface area contributed by atoms with E-state index in [2.05, 4.69) is 9.97 Å².